The number of para-hydroxylation sites is 1. The molecule has 1 amide bonds. The molecule has 4 rings (SSSR count). The third-order valence-corrected chi connectivity index (χ3v) is 5.25. The Hall–Kier alpha value is -3.12. The first kappa shape index (κ1) is 17.3. The largest absolute Gasteiger partial charge is 0.480 e. The molecule has 6 heteroatoms. The Morgan fingerprint density at radius 3 is 2.63 bits per heavy atom. The predicted octanol–water partition coefficient (Wildman–Crippen LogP) is 2.08. The van der Waals surface area contributed by atoms with E-state index in [1.165, 1.54) is 4.90 Å². The summed E-state index contributed by atoms with van der Waals surface area (Å²) in [5, 5.41) is 10.7. The molecule has 27 heavy (non-hydrogen) atoms. The third kappa shape index (κ3) is 3.19. The van der Waals surface area contributed by atoms with E-state index in [1.54, 1.807) is 0 Å². The van der Waals surface area contributed by atoms with Crippen LogP contribution in [0.5, 0.6) is 0 Å². The number of carboxylic acid groups (broad SMARTS) is 1. The second kappa shape index (κ2) is 6.89. The minimum Gasteiger partial charge on any atom is -0.480 e. The van der Waals surface area contributed by atoms with Gasteiger partial charge >= 0.3 is 5.97 Å². The second-order valence-electron chi connectivity index (χ2n) is 6.96. The maximum Gasteiger partial charge on any atom is 0.326 e. The van der Waals surface area contributed by atoms with Gasteiger partial charge in [-0.05, 0) is 29.2 Å². The van der Waals surface area contributed by atoms with E-state index < -0.39 is 18.1 Å². The number of carboxylic acids is 1. The zero-order valence-electron chi connectivity index (χ0n) is 14.8. The van der Waals surface area contributed by atoms with Crippen LogP contribution in [0, 0.1) is 0 Å². The predicted molar refractivity (Wildman–Crippen MR) is 102 cm³/mol. The minimum atomic E-state index is -1.00. The number of benzene rings is 2. The number of rotatable bonds is 4. The number of nitrogens with two attached hydrogens (primary N) is 1. The van der Waals surface area contributed by atoms with Gasteiger partial charge in [0.05, 0.1) is 6.04 Å². The maximum absolute atomic E-state index is 13.0. The van der Waals surface area contributed by atoms with E-state index in [4.69, 9.17) is 5.73 Å². The van der Waals surface area contributed by atoms with Crippen LogP contribution < -0.4 is 5.73 Å². The summed E-state index contributed by atoms with van der Waals surface area (Å²) in [6.07, 6.45) is 2.52. The van der Waals surface area contributed by atoms with E-state index in [2.05, 4.69) is 4.98 Å². The van der Waals surface area contributed by atoms with E-state index in [0.717, 1.165) is 27.6 Å². The van der Waals surface area contributed by atoms with Gasteiger partial charge in [0.1, 0.15) is 6.04 Å². The number of nitrogens with one attached hydrogen (secondary N) is 1. The van der Waals surface area contributed by atoms with E-state index in [9.17, 15) is 14.7 Å². The van der Waals surface area contributed by atoms with Crippen LogP contribution in [-0.4, -0.2) is 39.0 Å². The fourth-order valence-corrected chi connectivity index (χ4v) is 3.81. The van der Waals surface area contributed by atoms with Crippen LogP contribution in [0.4, 0.5) is 0 Å². The third-order valence-electron chi connectivity index (χ3n) is 5.25. The molecule has 2 atom stereocenters. The van der Waals surface area contributed by atoms with Crippen molar-refractivity contribution in [3.8, 4) is 0 Å². The molecule has 0 spiro atoms. The van der Waals surface area contributed by atoms with Crippen molar-refractivity contribution in [3.05, 3.63) is 71.4 Å². The van der Waals surface area contributed by atoms with Crippen LogP contribution in [0.15, 0.2) is 54.7 Å². The number of amides is 1. The Bertz CT molecular complexity index is 1010. The Labute approximate surface area is 156 Å². The molecule has 0 radical (unpaired) electrons. The summed E-state index contributed by atoms with van der Waals surface area (Å²) in [7, 11) is 0. The lowest BCUT2D eigenvalue weighted by molar-refractivity contribution is -0.152. The van der Waals surface area contributed by atoms with Crippen molar-refractivity contribution in [1.29, 1.82) is 0 Å². The van der Waals surface area contributed by atoms with Gasteiger partial charge in [0, 0.05) is 30.1 Å². The summed E-state index contributed by atoms with van der Waals surface area (Å²) >= 11 is 0. The Morgan fingerprint density at radius 1 is 1.15 bits per heavy atom. The van der Waals surface area contributed by atoms with Crippen molar-refractivity contribution in [1.82, 2.24) is 9.88 Å². The molecular weight excluding hydrogens is 342 g/mol. The van der Waals surface area contributed by atoms with Crippen molar-refractivity contribution >= 4 is 22.8 Å². The van der Waals surface area contributed by atoms with Crippen LogP contribution in [0.25, 0.3) is 10.9 Å². The number of hydrogen-bond donors (Lipinski definition) is 3. The van der Waals surface area contributed by atoms with Crippen LogP contribution >= 0.6 is 0 Å². The molecule has 0 saturated heterocycles. The van der Waals surface area contributed by atoms with Gasteiger partial charge in [-0.3, -0.25) is 4.79 Å². The molecule has 4 N–H and O–H groups in total. The van der Waals surface area contributed by atoms with Crippen LogP contribution in [-0.2, 0) is 29.0 Å². The summed E-state index contributed by atoms with van der Waals surface area (Å²) in [5.41, 5.74) is 10.1. The molecule has 0 saturated carbocycles. The fraction of sp³-hybridized carbons (Fsp3) is 0.238. The van der Waals surface area contributed by atoms with Gasteiger partial charge in [-0.2, -0.15) is 0 Å². The van der Waals surface area contributed by atoms with Crippen LogP contribution in [0.1, 0.15) is 16.7 Å². The number of fused-ring (bicyclic) bond motifs is 2. The molecule has 0 aliphatic carbocycles. The van der Waals surface area contributed by atoms with E-state index in [0.29, 0.717) is 12.8 Å². The van der Waals surface area contributed by atoms with E-state index >= 15 is 0 Å². The first-order valence-corrected chi connectivity index (χ1v) is 8.95. The molecule has 1 unspecified atom stereocenters. The molecule has 1 aliphatic rings. The maximum atomic E-state index is 13.0. The highest BCUT2D eigenvalue weighted by atomic mass is 16.4. The molecule has 2 aromatic carbocycles. The molecule has 1 aromatic heterocycles. The van der Waals surface area contributed by atoms with Crippen molar-refractivity contribution in [2.45, 2.75) is 31.5 Å². The van der Waals surface area contributed by atoms with Crippen molar-refractivity contribution in [2.24, 2.45) is 5.73 Å². The Morgan fingerprint density at radius 2 is 1.85 bits per heavy atom. The normalized spacial score (nSPS) is 17.5. The summed E-state index contributed by atoms with van der Waals surface area (Å²) in [5.74, 6) is -1.33. The van der Waals surface area contributed by atoms with Gasteiger partial charge in [0.2, 0.25) is 5.91 Å². The van der Waals surface area contributed by atoms with E-state index in [1.807, 2.05) is 54.7 Å². The van der Waals surface area contributed by atoms with Gasteiger partial charge in [-0.15, -0.1) is 0 Å². The Kier molecular flexibility index (Phi) is 4.41. The quantitative estimate of drug-likeness (QED) is 0.661. The monoisotopic (exact) mass is 363 g/mol. The van der Waals surface area contributed by atoms with Gasteiger partial charge < -0.3 is 20.7 Å². The van der Waals surface area contributed by atoms with Crippen molar-refractivity contribution in [3.63, 3.8) is 0 Å². The lowest BCUT2D eigenvalue weighted by Gasteiger charge is -2.36. The molecule has 2 heterocycles. The highest BCUT2D eigenvalue weighted by Crippen LogP contribution is 2.25. The smallest absolute Gasteiger partial charge is 0.326 e. The highest BCUT2D eigenvalue weighted by Gasteiger charge is 2.36. The number of aromatic amines is 1. The SMILES string of the molecule is NC(Cc1c[nH]c2ccccc12)C(=O)N1Cc2ccccc2C[C@H]1C(=O)O. The Balaban J connectivity index is 1.57. The number of hydrogen-bond acceptors (Lipinski definition) is 3. The van der Waals surface area contributed by atoms with Crippen molar-refractivity contribution < 1.29 is 14.7 Å². The number of H-pyrrole nitrogens is 1. The number of aliphatic carboxylic acids is 1. The molecular formula is C21H21N3O3. The molecule has 6 nitrogen and oxygen atoms in total. The fourth-order valence-electron chi connectivity index (χ4n) is 3.81. The van der Waals surface area contributed by atoms with Crippen molar-refractivity contribution in [2.75, 3.05) is 0 Å². The number of nitrogens with zero attached hydrogens (tertiary/aromatic N) is 1. The molecule has 1 aliphatic heterocycles. The summed E-state index contributed by atoms with van der Waals surface area (Å²) in [4.78, 5) is 29.4. The van der Waals surface area contributed by atoms with Gasteiger partial charge in [-0.1, -0.05) is 42.5 Å². The first-order valence-electron chi connectivity index (χ1n) is 8.95. The number of aromatic nitrogens is 1. The lowest BCUT2D eigenvalue weighted by Crippen LogP contribution is -2.54. The zero-order valence-corrected chi connectivity index (χ0v) is 14.8. The van der Waals surface area contributed by atoms with Crippen LogP contribution in [0.2, 0.25) is 0 Å². The average molecular weight is 363 g/mol. The summed E-state index contributed by atoms with van der Waals surface area (Å²) < 4.78 is 0. The minimum absolute atomic E-state index is 0.271. The molecule has 0 fully saturated rings. The topological polar surface area (TPSA) is 99.4 Å². The highest BCUT2D eigenvalue weighted by molar-refractivity contribution is 5.89. The molecule has 3 aromatic rings. The first-order chi connectivity index (χ1) is 13.0. The molecule has 138 valence electrons. The standard InChI is InChI=1S/C21H21N3O3/c22-17(9-15-11-23-18-8-4-3-7-16(15)18)20(25)24-12-14-6-2-1-5-13(14)10-19(24)21(26)27/h1-8,11,17,19,23H,9-10,12,22H2,(H,26,27)/t17?,19-/m0/s1. The summed E-state index contributed by atoms with van der Waals surface area (Å²) in [6.45, 7) is 0.271. The lowest BCUT2D eigenvalue weighted by atomic mass is 9.93. The van der Waals surface area contributed by atoms with Crippen LogP contribution in [0.3, 0.4) is 0 Å². The van der Waals surface area contributed by atoms with Gasteiger partial charge in [0.15, 0.2) is 0 Å². The average Bonchev–Trinajstić information content (AvgIpc) is 3.09. The summed E-state index contributed by atoms with van der Waals surface area (Å²) in [6, 6.07) is 13.8. The number of carbonyl (C=O) groups is 2. The number of carbonyl (C=O) groups excluding carboxylic acids is 1. The van der Waals surface area contributed by atoms with Gasteiger partial charge in [-0.25, -0.2) is 4.79 Å². The second-order valence-corrected chi connectivity index (χ2v) is 6.96. The van der Waals surface area contributed by atoms with E-state index in [-0.39, 0.29) is 12.5 Å². The molecule has 0 bridgehead atoms. The zero-order chi connectivity index (χ0) is 19.0. The van der Waals surface area contributed by atoms with Gasteiger partial charge in [0.25, 0.3) is 0 Å².